The molecule has 1 aliphatic heterocycles. The Morgan fingerprint density at radius 2 is 2.00 bits per heavy atom. The van der Waals surface area contributed by atoms with E-state index in [2.05, 4.69) is 9.97 Å². The quantitative estimate of drug-likeness (QED) is 0.445. The largest absolute Gasteiger partial charge is 0.444 e. The number of ether oxygens (including phenoxy) is 1. The monoisotopic (exact) mass is 375 g/mol. The van der Waals surface area contributed by atoms with Crippen LogP contribution in [-0.4, -0.2) is 51.2 Å². The molecule has 0 aromatic carbocycles. The van der Waals surface area contributed by atoms with E-state index in [1.54, 1.807) is 22.7 Å². The predicted octanol–water partition coefficient (Wildman–Crippen LogP) is 4.34. The minimum atomic E-state index is -0.450. The maximum absolute atomic E-state index is 12.1. The molecule has 0 saturated carbocycles. The summed E-state index contributed by atoms with van der Waals surface area (Å²) in [5.41, 5.74) is -0.450. The SMILES string of the molecule is CSc1nc(Cl)cc(SC2CCN(C(=O)OC(C)(C)C)CC2)n1. The number of amides is 1. The molecule has 0 unspecified atom stereocenters. The van der Waals surface area contributed by atoms with Crippen LogP contribution in [0.3, 0.4) is 0 Å². The summed E-state index contributed by atoms with van der Waals surface area (Å²) >= 11 is 9.21. The van der Waals surface area contributed by atoms with Crippen LogP contribution in [0.1, 0.15) is 33.6 Å². The molecule has 0 atom stereocenters. The Morgan fingerprint density at radius 1 is 1.35 bits per heavy atom. The fourth-order valence-electron chi connectivity index (χ4n) is 2.18. The average molecular weight is 376 g/mol. The maximum Gasteiger partial charge on any atom is 0.410 e. The van der Waals surface area contributed by atoms with Crippen molar-refractivity contribution >= 4 is 41.2 Å². The predicted molar refractivity (Wildman–Crippen MR) is 95.5 cm³/mol. The van der Waals surface area contributed by atoms with E-state index in [9.17, 15) is 4.79 Å². The lowest BCUT2D eigenvalue weighted by Gasteiger charge is -2.33. The van der Waals surface area contributed by atoms with Gasteiger partial charge in [0.05, 0.1) is 0 Å². The maximum atomic E-state index is 12.1. The summed E-state index contributed by atoms with van der Waals surface area (Å²) in [6.45, 7) is 7.07. The summed E-state index contributed by atoms with van der Waals surface area (Å²) in [4.78, 5) is 22.5. The molecular weight excluding hydrogens is 354 g/mol. The molecule has 2 rings (SSSR count). The number of rotatable bonds is 3. The van der Waals surface area contributed by atoms with Gasteiger partial charge in [0.2, 0.25) is 0 Å². The first kappa shape index (κ1) is 18.7. The fraction of sp³-hybridized carbons (Fsp3) is 0.667. The highest BCUT2D eigenvalue weighted by Crippen LogP contribution is 2.31. The second-order valence-electron chi connectivity index (χ2n) is 6.30. The highest BCUT2D eigenvalue weighted by molar-refractivity contribution is 8.00. The summed E-state index contributed by atoms with van der Waals surface area (Å²) in [6, 6.07) is 1.80. The van der Waals surface area contributed by atoms with Crippen molar-refractivity contribution in [1.29, 1.82) is 0 Å². The summed E-state index contributed by atoms with van der Waals surface area (Å²) < 4.78 is 5.42. The van der Waals surface area contributed by atoms with E-state index < -0.39 is 5.60 Å². The lowest BCUT2D eigenvalue weighted by molar-refractivity contribution is 0.0219. The molecule has 1 amide bonds. The lowest BCUT2D eigenvalue weighted by atomic mass is 10.1. The third kappa shape index (κ3) is 6.04. The number of hydrogen-bond acceptors (Lipinski definition) is 6. The molecule has 1 fully saturated rings. The van der Waals surface area contributed by atoms with Crippen LogP contribution in [0.2, 0.25) is 5.15 Å². The van der Waals surface area contributed by atoms with Gasteiger partial charge in [0.1, 0.15) is 15.8 Å². The molecule has 0 aliphatic carbocycles. The Labute approximate surface area is 150 Å². The number of carbonyl (C=O) groups is 1. The summed E-state index contributed by atoms with van der Waals surface area (Å²) in [5, 5.41) is 2.48. The molecule has 0 radical (unpaired) electrons. The summed E-state index contributed by atoms with van der Waals surface area (Å²) in [5.74, 6) is 0. The smallest absolute Gasteiger partial charge is 0.410 e. The second kappa shape index (κ2) is 7.94. The van der Waals surface area contributed by atoms with E-state index in [0.29, 0.717) is 28.6 Å². The normalized spacial score (nSPS) is 16.5. The zero-order valence-electron chi connectivity index (χ0n) is 13.8. The van der Waals surface area contributed by atoms with Crippen LogP contribution >= 0.6 is 35.1 Å². The van der Waals surface area contributed by atoms with Crippen molar-refractivity contribution in [2.75, 3.05) is 19.3 Å². The molecule has 2 heterocycles. The van der Waals surface area contributed by atoms with Crippen molar-refractivity contribution in [3.05, 3.63) is 11.2 Å². The number of likely N-dealkylation sites (tertiary alicyclic amines) is 1. The Morgan fingerprint density at radius 3 is 2.57 bits per heavy atom. The van der Waals surface area contributed by atoms with Crippen LogP contribution < -0.4 is 0 Å². The first-order valence-corrected chi connectivity index (χ1v) is 9.98. The fourth-order valence-corrected chi connectivity index (χ4v) is 4.02. The number of carbonyl (C=O) groups excluding carboxylic acids is 1. The molecule has 23 heavy (non-hydrogen) atoms. The lowest BCUT2D eigenvalue weighted by Crippen LogP contribution is -2.42. The minimum Gasteiger partial charge on any atom is -0.444 e. The van der Waals surface area contributed by atoms with E-state index >= 15 is 0 Å². The van der Waals surface area contributed by atoms with Gasteiger partial charge in [-0.3, -0.25) is 0 Å². The number of aromatic nitrogens is 2. The number of halogens is 1. The molecule has 1 aromatic rings. The highest BCUT2D eigenvalue weighted by Gasteiger charge is 2.27. The van der Waals surface area contributed by atoms with Gasteiger partial charge < -0.3 is 9.64 Å². The Balaban J connectivity index is 1.87. The van der Waals surface area contributed by atoms with Gasteiger partial charge >= 0.3 is 6.09 Å². The first-order chi connectivity index (χ1) is 10.8. The molecule has 1 aromatic heterocycles. The Hall–Kier alpha value is -0.660. The first-order valence-electron chi connectivity index (χ1n) is 7.50. The van der Waals surface area contributed by atoms with Crippen LogP contribution in [0.15, 0.2) is 16.2 Å². The van der Waals surface area contributed by atoms with Gasteiger partial charge in [-0.2, -0.15) is 0 Å². The van der Waals surface area contributed by atoms with Crippen LogP contribution in [0.25, 0.3) is 0 Å². The third-order valence-corrected chi connectivity index (χ3v) is 5.21. The Kier molecular flexibility index (Phi) is 6.45. The van der Waals surface area contributed by atoms with E-state index in [1.807, 2.05) is 27.0 Å². The van der Waals surface area contributed by atoms with E-state index in [4.69, 9.17) is 16.3 Å². The molecule has 1 aliphatic rings. The van der Waals surface area contributed by atoms with Gasteiger partial charge in [-0.25, -0.2) is 14.8 Å². The molecule has 5 nitrogen and oxygen atoms in total. The number of hydrogen-bond donors (Lipinski definition) is 0. The number of thioether (sulfide) groups is 2. The molecule has 0 bridgehead atoms. The van der Waals surface area contributed by atoms with Crippen LogP contribution in [0.5, 0.6) is 0 Å². The van der Waals surface area contributed by atoms with Crippen LogP contribution in [0, 0.1) is 0 Å². The summed E-state index contributed by atoms with van der Waals surface area (Å²) in [6.07, 6.45) is 3.54. The second-order valence-corrected chi connectivity index (χ2v) is 8.78. The molecule has 8 heteroatoms. The average Bonchev–Trinajstić information content (AvgIpc) is 2.45. The van der Waals surface area contributed by atoms with Gasteiger partial charge in [0.25, 0.3) is 0 Å². The number of nitrogens with zero attached hydrogens (tertiary/aromatic N) is 3. The molecule has 0 N–H and O–H groups in total. The summed E-state index contributed by atoms with van der Waals surface area (Å²) in [7, 11) is 0. The molecule has 1 saturated heterocycles. The molecule has 0 spiro atoms. The van der Waals surface area contributed by atoms with Crippen LogP contribution in [-0.2, 0) is 4.74 Å². The van der Waals surface area contributed by atoms with Gasteiger partial charge in [0, 0.05) is 24.4 Å². The van der Waals surface area contributed by atoms with Crippen molar-refractivity contribution in [1.82, 2.24) is 14.9 Å². The van der Waals surface area contributed by atoms with Crippen LogP contribution in [0.4, 0.5) is 4.79 Å². The van der Waals surface area contributed by atoms with Crippen molar-refractivity contribution in [3.8, 4) is 0 Å². The van der Waals surface area contributed by atoms with Gasteiger partial charge in [-0.1, -0.05) is 23.4 Å². The van der Waals surface area contributed by atoms with Gasteiger partial charge in [0.15, 0.2) is 5.16 Å². The highest BCUT2D eigenvalue weighted by atomic mass is 35.5. The van der Waals surface area contributed by atoms with Crippen molar-refractivity contribution in [2.45, 2.75) is 54.6 Å². The van der Waals surface area contributed by atoms with E-state index in [1.165, 1.54) is 11.8 Å². The van der Waals surface area contributed by atoms with Gasteiger partial charge in [-0.05, 0) is 39.9 Å². The van der Waals surface area contributed by atoms with E-state index in [0.717, 1.165) is 17.9 Å². The molecular formula is C15H22ClN3O2S2. The topological polar surface area (TPSA) is 55.3 Å². The van der Waals surface area contributed by atoms with E-state index in [-0.39, 0.29) is 6.09 Å². The zero-order chi connectivity index (χ0) is 17.0. The van der Waals surface area contributed by atoms with Crippen molar-refractivity contribution < 1.29 is 9.53 Å². The Bertz CT molecular complexity index is 558. The van der Waals surface area contributed by atoms with Gasteiger partial charge in [-0.15, -0.1) is 11.8 Å². The minimum absolute atomic E-state index is 0.226. The zero-order valence-corrected chi connectivity index (χ0v) is 16.2. The number of piperidine rings is 1. The van der Waals surface area contributed by atoms with Crippen molar-refractivity contribution in [3.63, 3.8) is 0 Å². The molecule has 128 valence electrons. The third-order valence-electron chi connectivity index (χ3n) is 3.21. The standard InChI is InChI=1S/C15H22ClN3O2S2/c1-15(2,3)21-14(20)19-7-5-10(6-8-19)23-12-9-11(16)17-13(18-12)22-4/h9-10H,5-8H2,1-4H3. The van der Waals surface area contributed by atoms with Crippen molar-refractivity contribution in [2.24, 2.45) is 0 Å².